The number of hydrogen-bond acceptors (Lipinski definition) is 2. The zero-order valence-corrected chi connectivity index (χ0v) is 17.8. The van der Waals surface area contributed by atoms with E-state index < -0.39 is 11.4 Å². The van der Waals surface area contributed by atoms with E-state index in [-0.39, 0.29) is 24.4 Å². The predicted molar refractivity (Wildman–Crippen MR) is 119 cm³/mol. The molecule has 1 amide bonds. The molecule has 0 aromatic heterocycles. The first kappa shape index (κ1) is 20.9. The van der Waals surface area contributed by atoms with Gasteiger partial charge in [0, 0.05) is 12.1 Å². The van der Waals surface area contributed by atoms with Crippen molar-refractivity contribution in [3.8, 4) is 0 Å². The molecule has 1 aromatic rings. The van der Waals surface area contributed by atoms with Crippen LogP contribution in [-0.2, 0) is 9.59 Å². The summed E-state index contributed by atoms with van der Waals surface area (Å²) >= 11 is 0. The van der Waals surface area contributed by atoms with Gasteiger partial charge in [-0.05, 0) is 43.2 Å². The molecule has 160 valence electrons. The normalized spacial score (nSPS) is 25.5. The molecule has 30 heavy (non-hydrogen) atoms. The number of carboxylic acid groups (broad SMARTS) is 1. The summed E-state index contributed by atoms with van der Waals surface area (Å²) in [6.45, 7) is 0. The summed E-state index contributed by atoms with van der Waals surface area (Å²) in [5.41, 5.74) is 0.562. The number of hydrogen-bond donors (Lipinski definition) is 1. The zero-order chi connectivity index (χ0) is 21.0. The number of aliphatic carboxylic acids is 1. The molecule has 1 aromatic carbocycles. The van der Waals surface area contributed by atoms with Crippen LogP contribution >= 0.6 is 0 Å². The van der Waals surface area contributed by atoms with Crippen LogP contribution in [0, 0.1) is 5.41 Å². The standard InChI is InChI=1S/C26H33NO3/c28-24(27(22-12-6-2-7-13-22)23-14-8-3-9-15-23)26(25(29)30)18-16-21(17-19-26)20-10-4-1-5-11-20/h1,4-5,10-11,16-18,22-23H,2-3,6-9,12-15,19H2,(H,29,30). The lowest BCUT2D eigenvalue weighted by Gasteiger charge is -2.45. The van der Waals surface area contributed by atoms with Crippen LogP contribution in [0.1, 0.15) is 76.2 Å². The van der Waals surface area contributed by atoms with E-state index in [1.807, 2.05) is 47.4 Å². The van der Waals surface area contributed by atoms with E-state index in [1.54, 1.807) is 6.08 Å². The van der Waals surface area contributed by atoms with Gasteiger partial charge in [0.25, 0.3) is 0 Å². The molecule has 3 aliphatic rings. The minimum Gasteiger partial charge on any atom is -0.480 e. The average Bonchev–Trinajstić information content (AvgIpc) is 2.81. The minimum atomic E-state index is -1.48. The molecule has 0 bridgehead atoms. The molecule has 0 radical (unpaired) electrons. The van der Waals surface area contributed by atoms with Crippen molar-refractivity contribution in [3.05, 3.63) is 54.1 Å². The van der Waals surface area contributed by atoms with Gasteiger partial charge < -0.3 is 10.0 Å². The molecule has 1 atom stereocenters. The van der Waals surface area contributed by atoms with Gasteiger partial charge in [0.15, 0.2) is 5.41 Å². The van der Waals surface area contributed by atoms with Crippen molar-refractivity contribution in [2.24, 2.45) is 5.41 Å². The first-order chi connectivity index (χ1) is 14.6. The highest BCUT2D eigenvalue weighted by Crippen LogP contribution is 2.39. The number of allylic oxidation sites excluding steroid dienone is 3. The Bertz CT molecular complexity index is 798. The quantitative estimate of drug-likeness (QED) is 0.647. The van der Waals surface area contributed by atoms with Gasteiger partial charge in [-0.3, -0.25) is 9.59 Å². The third-order valence-corrected chi connectivity index (χ3v) is 7.23. The monoisotopic (exact) mass is 407 g/mol. The number of carboxylic acids is 1. The molecular formula is C26H33NO3. The second-order valence-corrected chi connectivity index (χ2v) is 9.14. The van der Waals surface area contributed by atoms with Crippen LogP contribution in [-0.4, -0.2) is 34.0 Å². The topological polar surface area (TPSA) is 57.6 Å². The van der Waals surface area contributed by atoms with E-state index in [4.69, 9.17) is 0 Å². The molecule has 3 aliphatic carbocycles. The molecule has 0 aliphatic heterocycles. The number of rotatable bonds is 5. The molecule has 1 unspecified atom stereocenters. The van der Waals surface area contributed by atoms with Crippen LogP contribution in [0.2, 0.25) is 0 Å². The van der Waals surface area contributed by atoms with Crippen molar-refractivity contribution in [1.29, 1.82) is 0 Å². The summed E-state index contributed by atoms with van der Waals surface area (Å²) in [7, 11) is 0. The van der Waals surface area contributed by atoms with E-state index in [1.165, 1.54) is 12.8 Å². The van der Waals surface area contributed by atoms with Crippen LogP contribution in [0.4, 0.5) is 0 Å². The fraction of sp³-hybridized carbons (Fsp3) is 0.538. The third-order valence-electron chi connectivity index (χ3n) is 7.23. The van der Waals surface area contributed by atoms with Gasteiger partial charge in [-0.15, -0.1) is 0 Å². The predicted octanol–water partition coefficient (Wildman–Crippen LogP) is 5.59. The van der Waals surface area contributed by atoms with Gasteiger partial charge in [0.1, 0.15) is 0 Å². The number of benzene rings is 1. The van der Waals surface area contributed by atoms with Gasteiger partial charge in [-0.1, -0.05) is 87.1 Å². The SMILES string of the molecule is O=C(O)C1(C(=O)N(C2CCCCC2)C2CCCCC2)C=CC(c2ccccc2)=CC1. The fourth-order valence-electron chi connectivity index (χ4n) is 5.47. The van der Waals surface area contributed by atoms with Crippen molar-refractivity contribution in [2.75, 3.05) is 0 Å². The number of nitrogens with zero attached hydrogens (tertiary/aromatic N) is 1. The van der Waals surface area contributed by atoms with Gasteiger partial charge in [-0.2, -0.15) is 0 Å². The Labute approximate surface area is 179 Å². The summed E-state index contributed by atoms with van der Waals surface area (Å²) in [6.07, 6.45) is 16.7. The van der Waals surface area contributed by atoms with E-state index in [0.717, 1.165) is 62.5 Å². The van der Waals surface area contributed by atoms with Crippen molar-refractivity contribution >= 4 is 17.4 Å². The van der Waals surface area contributed by atoms with Gasteiger partial charge in [0.2, 0.25) is 5.91 Å². The number of amides is 1. The first-order valence-electron chi connectivity index (χ1n) is 11.6. The van der Waals surface area contributed by atoms with Crippen LogP contribution in [0.3, 0.4) is 0 Å². The lowest BCUT2D eigenvalue weighted by atomic mass is 9.76. The van der Waals surface area contributed by atoms with Gasteiger partial charge in [-0.25, -0.2) is 0 Å². The summed E-state index contributed by atoms with van der Waals surface area (Å²) in [6, 6.07) is 10.3. The average molecular weight is 408 g/mol. The summed E-state index contributed by atoms with van der Waals surface area (Å²) < 4.78 is 0. The van der Waals surface area contributed by atoms with Crippen molar-refractivity contribution in [2.45, 2.75) is 82.7 Å². The highest BCUT2D eigenvalue weighted by molar-refractivity contribution is 6.05. The lowest BCUT2D eigenvalue weighted by molar-refractivity contribution is -0.160. The molecule has 1 N–H and O–H groups in total. The Hall–Kier alpha value is -2.36. The van der Waals surface area contributed by atoms with Crippen LogP contribution in [0.5, 0.6) is 0 Å². The second-order valence-electron chi connectivity index (χ2n) is 9.14. The Morgan fingerprint density at radius 2 is 1.43 bits per heavy atom. The molecule has 4 nitrogen and oxygen atoms in total. The van der Waals surface area contributed by atoms with Crippen LogP contribution < -0.4 is 0 Å². The highest BCUT2D eigenvalue weighted by atomic mass is 16.4. The molecule has 4 rings (SSSR count). The fourth-order valence-corrected chi connectivity index (χ4v) is 5.47. The maximum Gasteiger partial charge on any atom is 0.323 e. The van der Waals surface area contributed by atoms with Crippen molar-refractivity contribution in [3.63, 3.8) is 0 Å². The molecular weight excluding hydrogens is 374 g/mol. The number of carbonyl (C=O) groups excluding carboxylic acids is 1. The molecule has 4 heteroatoms. The number of carbonyl (C=O) groups is 2. The largest absolute Gasteiger partial charge is 0.480 e. The van der Waals surface area contributed by atoms with Crippen LogP contribution in [0.15, 0.2) is 48.6 Å². The Morgan fingerprint density at radius 3 is 1.90 bits per heavy atom. The van der Waals surface area contributed by atoms with E-state index in [2.05, 4.69) is 0 Å². The summed E-state index contributed by atoms with van der Waals surface area (Å²) in [5, 5.41) is 10.2. The minimum absolute atomic E-state index is 0.187. The van der Waals surface area contributed by atoms with Crippen molar-refractivity contribution in [1.82, 2.24) is 4.90 Å². The van der Waals surface area contributed by atoms with E-state index >= 15 is 0 Å². The molecule has 0 spiro atoms. The van der Waals surface area contributed by atoms with Gasteiger partial charge >= 0.3 is 5.97 Å². The maximum atomic E-state index is 14.0. The third kappa shape index (κ3) is 4.10. The highest BCUT2D eigenvalue weighted by Gasteiger charge is 2.49. The maximum absolute atomic E-state index is 14.0. The van der Waals surface area contributed by atoms with Gasteiger partial charge in [0.05, 0.1) is 0 Å². The summed E-state index contributed by atoms with van der Waals surface area (Å²) in [4.78, 5) is 28.5. The Morgan fingerprint density at radius 1 is 0.867 bits per heavy atom. The van der Waals surface area contributed by atoms with Crippen molar-refractivity contribution < 1.29 is 14.7 Å². The lowest BCUT2D eigenvalue weighted by Crippen LogP contribution is -2.56. The Balaban J connectivity index is 1.63. The smallest absolute Gasteiger partial charge is 0.323 e. The second kappa shape index (κ2) is 9.20. The molecule has 2 saturated carbocycles. The Kier molecular flexibility index (Phi) is 6.40. The molecule has 0 heterocycles. The summed E-state index contributed by atoms with van der Waals surface area (Å²) in [5.74, 6) is -1.21. The van der Waals surface area contributed by atoms with E-state index in [9.17, 15) is 14.7 Å². The first-order valence-corrected chi connectivity index (χ1v) is 11.6. The van der Waals surface area contributed by atoms with E-state index in [0.29, 0.717) is 0 Å². The van der Waals surface area contributed by atoms with Crippen LogP contribution in [0.25, 0.3) is 5.57 Å². The zero-order valence-electron chi connectivity index (χ0n) is 17.8. The molecule has 0 saturated heterocycles. The molecule has 2 fully saturated rings.